The Labute approximate surface area is 94.8 Å². The second kappa shape index (κ2) is 4.93. The first-order valence-corrected chi connectivity index (χ1v) is 5.05. The molecule has 0 aliphatic carbocycles. The average Bonchev–Trinajstić information content (AvgIpc) is 2.28. The lowest BCUT2D eigenvalue weighted by atomic mass is 10.0. The quantitative estimate of drug-likeness (QED) is 0.503. The number of rotatable bonds is 5. The van der Waals surface area contributed by atoms with E-state index in [9.17, 15) is 0 Å². The number of anilines is 2. The molecule has 0 amide bonds. The number of hydrazine groups is 1. The van der Waals surface area contributed by atoms with Crippen LogP contribution in [0, 0.1) is 0 Å². The van der Waals surface area contributed by atoms with Crippen LogP contribution in [-0.4, -0.2) is 27.6 Å². The van der Waals surface area contributed by atoms with Crippen molar-refractivity contribution in [2.45, 2.75) is 32.7 Å². The first kappa shape index (κ1) is 12.4. The maximum absolute atomic E-state index is 5.25. The summed E-state index contributed by atoms with van der Waals surface area (Å²) in [6.07, 6.45) is 0.937. The number of nitrogens with one attached hydrogen (secondary N) is 2. The molecule has 0 bridgehead atoms. The summed E-state index contributed by atoms with van der Waals surface area (Å²) in [5, 5.41) is 3.18. The highest BCUT2D eigenvalue weighted by atomic mass is 16.5. The Bertz CT molecular complexity index is 332. The smallest absolute Gasteiger partial charge is 0.322 e. The molecule has 0 aliphatic rings. The van der Waals surface area contributed by atoms with E-state index in [2.05, 4.69) is 46.5 Å². The predicted octanol–water partition coefficient (Wildman–Crippen LogP) is 0.766. The minimum Gasteiger partial charge on any atom is -0.467 e. The maximum Gasteiger partial charge on any atom is 0.322 e. The maximum atomic E-state index is 5.25. The van der Waals surface area contributed by atoms with Gasteiger partial charge in [0.15, 0.2) is 0 Å². The van der Waals surface area contributed by atoms with Crippen LogP contribution in [0.1, 0.15) is 27.2 Å². The summed E-state index contributed by atoms with van der Waals surface area (Å²) in [5.41, 5.74) is 2.26. The second-order valence-corrected chi connectivity index (χ2v) is 3.98. The van der Waals surface area contributed by atoms with Crippen molar-refractivity contribution in [1.82, 2.24) is 15.0 Å². The lowest BCUT2D eigenvalue weighted by Gasteiger charge is -2.24. The Hall–Kier alpha value is -1.63. The standard InChI is InChI=1S/C9H18N6O/c1-5-9(2,3)14-6-11-7(15-10)13-8(12-6)16-4/h5,10H2,1-4H3,(H2,11,12,13,14,15). The Morgan fingerprint density at radius 1 is 1.25 bits per heavy atom. The predicted molar refractivity (Wildman–Crippen MR) is 62.2 cm³/mol. The van der Waals surface area contributed by atoms with Crippen LogP contribution in [-0.2, 0) is 0 Å². The summed E-state index contributed by atoms with van der Waals surface area (Å²) in [4.78, 5) is 12.1. The Morgan fingerprint density at radius 2 is 1.88 bits per heavy atom. The Balaban J connectivity index is 2.95. The monoisotopic (exact) mass is 226 g/mol. The van der Waals surface area contributed by atoms with Crippen molar-refractivity contribution in [2.24, 2.45) is 5.84 Å². The van der Waals surface area contributed by atoms with Gasteiger partial charge in [-0.25, -0.2) is 5.84 Å². The first-order valence-electron chi connectivity index (χ1n) is 5.05. The van der Waals surface area contributed by atoms with Crippen molar-refractivity contribution in [3.63, 3.8) is 0 Å². The van der Waals surface area contributed by atoms with Crippen molar-refractivity contribution in [2.75, 3.05) is 17.9 Å². The fourth-order valence-corrected chi connectivity index (χ4v) is 0.959. The molecule has 0 saturated heterocycles. The zero-order valence-corrected chi connectivity index (χ0v) is 10.0. The van der Waals surface area contributed by atoms with E-state index < -0.39 is 0 Å². The lowest BCUT2D eigenvalue weighted by molar-refractivity contribution is 0.378. The summed E-state index contributed by atoms with van der Waals surface area (Å²) in [5.74, 6) is 5.95. The number of ether oxygens (including phenoxy) is 1. The molecule has 0 atom stereocenters. The molecule has 4 N–H and O–H groups in total. The molecule has 1 rings (SSSR count). The van der Waals surface area contributed by atoms with Gasteiger partial charge in [-0.15, -0.1) is 0 Å². The van der Waals surface area contributed by atoms with Crippen molar-refractivity contribution in [1.29, 1.82) is 0 Å². The molecule has 1 heterocycles. The molecule has 0 saturated carbocycles. The van der Waals surface area contributed by atoms with Gasteiger partial charge in [0.25, 0.3) is 0 Å². The number of hydrogen-bond donors (Lipinski definition) is 3. The first-order chi connectivity index (χ1) is 7.50. The molecule has 0 fully saturated rings. The summed E-state index contributed by atoms with van der Waals surface area (Å²) in [6, 6.07) is 0.220. The molecular formula is C9H18N6O. The molecule has 0 radical (unpaired) electrons. The number of nitrogen functional groups attached to an aromatic ring is 1. The van der Waals surface area contributed by atoms with E-state index in [0.717, 1.165) is 6.42 Å². The average molecular weight is 226 g/mol. The molecule has 0 unspecified atom stereocenters. The van der Waals surface area contributed by atoms with Gasteiger partial charge in [-0.05, 0) is 20.3 Å². The fraction of sp³-hybridized carbons (Fsp3) is 0.667. The van der Waals surface area contributed by atoms with E-state index in [-0.39, 0.29) is 17.5 Å². The molecule has 0 aromatic carbocycles. The van der Waals surface area contributed by atoms with Gasteiger partial charge >= 0.3 is 6.01 Å². The molecule has 0 aliphatic heterocycles. The SMILES string of the molecule is CCC(C)(C)Nc1nc(NN)nc(OC)n1. The topological polar surface area (TPSA) is 98.0 Å². The van der Waals surface area contributed by atoms with Crippen molar-refractivity contribution in [3.05, 3.63) is 0 Å². The van der Waals surface area contributed by atoms with Gasteiger partial charge in [0.2, 0.25) is 11.9 Å². The normalized spacial score (nSPS) is 11.1. The van der Waals surface area contributed by atoms with Crippen LogP contribution in [0.25, 0.3) is 0 Å². The van der Waals surface area contributed by atoms with Crippen LogP contribution in [0.4, 0.5) is 11.9 Å². The van der Waals surface area contributed by atoms with Gasteiger partial charge in [0, 0.05) is 5.54 Å². The molecular weight excluding hydrogens is 208 g/mol. The van der Waals surface area contributed by atoms with Crippen LogP contribution in [0.2, 0.25) is 0 Å². The zero-order chi connectivity index (χ0) is 12.2. The fourth-order valence-electron chi connectivity index (χ4n) is 0.959. The second-order valence-electron chi connectivity index (χ2n) is 3.98. The molecule has 0 spiro atoms. The van der Waals surface area contributed by atoms with Crippen molar-refractivity contribution < 1.29 is 4.74 Å². The van der Waals surface area contributed by atoms with Crippen molar-refractivity contribution in [3.8, 4) is 6.01 Å². The third-order valence-corrected chi connectivity index (χ3v) is 2.26. The minimum absolute atomic E-state index is 0.0990. The van der Waals surface area contributed by atoms with Crippen LogP contribution in [0.15, 0.2) is 0 Å². The van der Waals surface area contributed by atoms with Gasteiger partial charge in [0.05, 0.1) is 7.11 Å². The molecule has 7 nitrogen and oxygen atoms in total. The summed E-state index contributed by atoms with van der Waals surface area (Å²) >= 11 is 0. The van der Waals surface area contributed by atoms with Crippen LogP contribution >= 0.6 is 0 Å². The van der Waals surface area contributed by atoms with Crippen LogP contribution < -0.4 is 21.3 Å². The number of hydrogen-bond acceptors (Lipinski definition) is 7. The number of nitrogens with two attached hydrogens (primary N) is 1. The highest BCUT2D eigenvalue weighted by Crippen LogP contribution is 2.17. The zero-order valence-electron chi connectivity index (χ0n) is 10.0. The van der Waals surface area contributed by atoms with E-state index in [1.807, 2.05) is 0 Å². The highest BCUT2D eigenvalue weighted by Gasteiger charge is 2.17. The summed E-state index contributed by atoms with van der Waals surface area (Å²) in [7, 11) is 1.49. The molecule has 90 valence electrons. The third kappa shape index (κ3) is 3.20. The van der Waals surface area contributed by atoms with Gasteiger partial charge in [0.1, 0.15) is 0 Å². The molecule has 1 aromatic rings. The Morgan fingerprint density at radius 3 is 2.38 bits per heavy atom. The number of methoxy groups -OCH3 is 1. The van der Waals surface area contributed by atoms with Crippen molar-refractivity contribution >= 4 is 11.9 Å². The molecule has 16 heavy (non-hydrogen) atoms. The molecule has 1 aromatic heterocycles. The van der Waals surface area contributed by atoms with Crippen LogP contribution in [0.3, 0.4) is 0 Å². The van der Waals surface area contributed by atoms with Gasteiger partial charge in [-0.2, -0.15) is 15.0 Å². The van der Waals surface area contributed by atoms with E-state index in [1.165, 1.54) is 7.11 Å². The summed E-state index contributed by atoms with van der Waals surface area (Å²) in [6.45, 7) is 6.19. The van der Waals surface area contributed by atoms with Crippen LogP contribution in [0.5, 0.6) is 6.01 Å². The van der Waals surface area contributed by atoms with E-state index in [0.29, 0.717) is 5.95 Å². The third-order valence-electron chi connectivity index (χ3n) is 2.26. The van der Waals surface area contributed by atoms with E-state index in [1.54, 1.807) is 0 Å². The van der Waals surface area contributed by atoms with E-state index in [4.69, 9.17) is 10.6 Å². The minimum atomic E-state index is -0.0990. The van der Waals surface area contributed by atoms with Gasteiger partial charge < -0.3 is 10.1 Å². The molecule has 7 heteroatoms. The lowest BCUT2D eigenvalue weighted by Crippen LogP contribution is -2.31. The van der Waals surface area contributed by atoms with Gasteiger partial charge in [-0.1, -0.05) is 6.92 Å². The number of aromatic nitrogens is 3. The Kier molecular flexibility index (Phi) is 3.83. The van der Waals surface area contributed by atoms with E-state index >= 15 is 0 Å². The highest BCUT2D eigenvalue weighted by molar-refractivity contribution is 5.36. The summed E-state index contributed by atoms with van der Waals surface area (Å²) < 4.78 is 4.95. The number of nitrogens with zero attached hydrogens (tertiary/aromatic N) is 3. The van der Waals surface area contributed by atoms with Gasteiger partial charge in [-0.3, -0.25) is 5.43 Å². The largest absolute Gasteiger partial charge is 0.467 e.